The summed E-state index contributed by atoms with van der Waals surface area (Å²) < 4.78 is 5.06. The largest absolute Gasteiger partial charge is 0.433 e. The van der Waals surface area contributed by atoms with Gasteiger partial charge < -0.3 is 9.73 Å². The first-order chi connectivity index (χ1) is 8.56. The van der Waals surface area contributed by atoms with Gasteiger partial charge in [-0.2, -0.15) is 0 Å². The number of furan rings is 1. The van der Waals surface area contributed by atoms with E-state index in [0.29, 0.717) is 12.3 Å². The first kappa shape index (κ1) is 12.7. The minimum Gasteiger partial charge on any atom is -0.404 e. The van der Waals surface area contributed by atoms with Crippen molar-refractivity contribution in [1.29, 1.82) is 0 Å². The topological polar surface area (TPSA) is 81.2 Å². The van der Waals surface area contributed by atoms with Gasteiger partial charge in [0.15, 0.2) is 0 Å². The van der Waals surface area contributed by atoms with Crippen molar-refractivity contribution < 1.29 is 9.34 Å². The molecule has 18 heavy (non-hydrogen) atoms. The predicted molar refractivity (Wildman–Crippen MR) is 67.5 cm³/mol. The molecule has 0 fully saturated rings. The van der Waals surface area contributed by atoms with Gasteiger partial charge in [0.1, 0.15) is 15.7 Å². The quantitative estimate of drug-likeness (QED) is 0.665. The first-order valence-electron chi connectivity index (χ1n) is 5.45. The molecule has 2 heterocycles. The minimum absolute atomic E-state index is 0.0906. The molecule has 1 unspecified atom stereocenters. The molecule has 2 rings (SSSR count). The average Bonchev–Trinajstić information content (AvgIpc) is 2.94. The van der Waals surface area contributed by atoms with E-state index in [0.717, 1.165) is 10.7 Å². The Bertz CT molecular complexity index is 549. The van der Waals surface area contributed by atoms with E-state index in [9.17, 15) is 10.1 Å². The molecule has 1 N–H and O–H groups in total. The van der Waals surface area contributed by atoms with Gasteiger partial charge in [-0.05, 0) is 19.9 Å². The predicted octanol–water partition coefficient (Wildman–Crippen LogP) is 2.80. The summed E-state index contributed by atoms with van der Waals surface area (Å²) in [7, 11) is 0. The first-order valence-corrected chi connectivity index (χ1v) is 6.32. The molecule has 0 radical (unpaired) electrons. The maximum absolute atomic E-state index is 10.5. The lowest BCUT2D eigenvalue weighted by atomic mass is 10.3. The van der Waals surface area contributed by atoms with E-state index in [2.05, 4.69) is 10.3 Å². The van der Waals surface area contributed by atoms with E-state index in [1.807, 2.05) is 19.2 Å². The summed E-state index contributed by atoms with van der Waals surface area (Å²) in [6.07, 6.45) is 0. The van der Waals surface area contributed by atoms with Crippen LogP contribution in [0.1, 0.15) is 29.4 Å². The number of nitrogens with zero attached hydrogens (tertiary/aromatic N) is 2. The molecule has 0 saturated carbocycles. The second-order valence-electron chi connectivity index (χ2n) is 3.93. The lowest BCUT2D eigenvalue weighted by Gasteiger charge is -2.08. The van der Waals surface area contributed by atoms with Crippen molar-refractivity contribution in [2.24, 2.45) is 0 Å². The molecule has 0 aliphatic rings. The molecular formula is C11H13N3O3S. The van der Waals surface area contributed by atoms with E-state index in [1.165, 1.54) is 6.07 Å². The highest BCUT2D eigenvalue weighted by Crippen LogP contribution is 2.19. The normalized spacial score (nSPS) is 12.6. The third kappa shape index (κ3) is 2.93. The molecule has 0 amide bonds. The second-order valence-corrected chi connectivity index (χ2v) is 4.82. The maximum Gasteiger partial charge on any atom is 0.433 e. The van der Waals surface area contributed by atoms with Gasteiger partial charge >= 0.3 is 5.88 Å². The van der Waals surface area contributed by atoms with Crippen LogP contribution in [0.15, 0.2) is 21.9 Å². The third-order valence-corrected chi connectivity index (χ3v) is 3.56. The number of aromatic nitrogens is 1. The van der Waals surface area contributed by atoms with Crippen molar-refractivity contribution in [3.05, 3.63) is 44.1 Å². The van der Waals surface area contributed by atoms with Crippen LogP contribution in [0.3, 0.4) is 0 Å². The number of nitrogens with one attached hydrogen (secondary N) is 1. The van der Waals surface area contributed by atoms with Crippen LogP contribution in [-0.2, 0) is 6.54 Å². The fourth-order valence-electron chi connectivity index (χ4n) is 1.47. The zero-order valence-corrected chi connectivity index (χ0v) is 10.9. The summed E-state index contributed by atoms with van der Waals surface area (Å²) >= 11 is 1.59. The van der Waals surface area contributed by atoms with Crippen molar-refractivity contribution in [1.82, 2.24) is 10.3 Å². The van der Waals surface area contributed by atoms with Crippen molar-refractivity contribution in [2.75, 3.05) is 0 Å². The van der Waals surface area contributed by atoms with Gasteiger partial charge in [-0.1, -0.05) is 0 Å². The molecule has 0 saturated heterocycles. The van der Waals surface area contributed by atoms with Crippen LogP contribution in [0.4, 0.5) is 5.88 Å². The summed E-state index contributed by atoms with van der Waals surface area (Å²) in [5.41, 5.74) is 0.997. The van der Waals surface area contributed by atoms with Crippen molar-refractivity contribution >= 4 is 17.2 Å². The van der Waals surface area contributed by atoms with E-state index in [-0.39, 0.29) is 11.9 Å². The Labute approximate surface area is 108 Å². The Hall–Kier alpha value is -1.73. The molecule has 0 aliphatic heterocycles. The van der Waals surface area contributed by atoms with E-state index < -0.39 is 4.92 Å². The Morgan fingerprint density at radius 1 is 1.61 bits per heavy atom. The van der Waals surface area contributed by atoms with Crippen molar-refractivity contribution in [3.8, 4) is 0 Å². The summed E-state index contributed by atoms with van der Waals surface area (Å²) in [4.78, 5) is 14.3. The number of hydrogen-bond donors (Lipinski definition) is 1. The lowest BCUT2D eigenvalue weighted by molar-refractivity contribution is -0.402. The average molecular weight is 267 g/mol. The van der Waals surface area contributed by atoms with Gasteiger partial charge in [0, 0.05) is 11.1 Å². The van der Waals surface area contributed by atoms with Crippen LogP contribution in [0.25, 0.3) is 0 Å². The molecule has 0 spiro atoms. The number of thiazole rings is 1. The third-order valence-electron chi connectivity index (χ3n) is 2.42. The number of rotatable bonds is 5. The molecule has 2 aromatic rings. The molecular weight excluding hydrogens is 254 g/mol. The zero-order valence-electron chi connectivity index (χ0n) is 10.0. The minimum atomic E-state index is -0.545. The van der Waals surface area contributed by atoms with Crippen molar-refractivity contribution in [3.63, 3.8) is 0 Å². The fraction of sp³-hybridized carbons (Fsp3) is 0.364. The van der Waals surface area contributed by atoms with Gasteiger partial charge in [-0.25, -0.2) is 4.98 Å². The molecule has 0 aromatic carbocycles. The van der Waals surface area contributed by atoms with Crippen LogP contribution in [0.5, 0.6) is 0 Å². The molecule has 7 heteroatoms. The van der Waals surface area contributed by atoms with Gasteiger partial charge in [0.25, 0.3) is 0 Å². The van der Waals surface area contributed by atoms with Gasteiger partial charge in [0.2, 0.25) is 0 Å². The van der Waals surface area contributed by atoms with Gasteiger partial charge in [-0.15, -0.1) is 11.3 Å². The van der Waals surface area contributed by atoms with E-state index in [4.69, 9.17) is 4.42 Å². The number of aryl methyl sites for hydroxylation is 1. The highest BCUT2D eigenvalue weighted by molar-refractivity contribution is 7.09. The van der Waals surface area contributed by atoms with Gasteiger partial charge in [-0.3, -0.25) is 10.1 Å². The molecule has 96 valence electrons. The van der Waals surface area contributed by atoms with Crippen LogP contribution < -0.4 is 5.32 Å². The van der Waals surface area contributed by atoms with E-state index >= 15 is 0 Å². The Morgan fingerprint density at radius 3 is 2.94 bits per heavy atom. The standard InChI is InChI=1S/C11H13N3O3S/c1-7-6-18-11(13-7)8(2)12-5-9-3-4-10(17-9)14(15)16/h3-4,6,8,12H,5H2,1-2H3. The molecule has 2 aromatic heterocycles. The monoisotopic (exact) mass is 267 g/mol. The molecule has 6 nitrogen and oxygen atoms in total. The van der Waals surface area contributed by atoms with Crippen LogP contribution in [0, 0.1) is 17.0 Å². The smallest absolute Gasteiger partial charge is 0.404 e. The van der Waals surface area contributed by atoms with Gasteiger partial charge in [0.05, 0.1) is 18.7 Å². The van der Waals surface area contributed by atoms with E-state index in [1.54, 1.807) is 17.4 Å². The second kappa shape index (κ2) is 5.28. The Kier molecular flexibility index (Phi) is 3.73. The summed E-state index contributed by atoms with van der Waals surface area (Å²) in [5.74, 6) is 0.311. The highest BCUT2D eigenvalue weighted by atomic mass is 32.1. The zero-order chi connectivity index (χ0) is 13.1. The van der Waals surface area contributed by atoms with Crippen LogP contribution >= 0.6 is 11.3 Å². The summed E-state index contributed by atoms with van der Waals surface area (Å²) in [6.45, 7) is 4.38. The van der Waals surface area contributed by atoms with Crippen LogP contribution in [0.2, 0.25) is 0 Å². The summed E-state index contributed by atoms with van der Waals surface area (Å²) in [6, 6.07) is 3.05. The molecule has 0 aliphatic carbocycles. The Balaban J connectivity index is 1.92. The number of hydrogen-bond acceptors (Lipinski definition) is 6. The number of nitro groups is 1. The lowest BCUT2D eigenvalue weighted by Crippen LogP contribution is -2.17. The maximum atomic E-state index is 10.5. The highest BCUT2D eigenvalue weighted by Gasteiger charge is 2.13. The molecule has 0 bridgehead atoms. The molecule has 1 atom stereocenters. The SMILES string of the molecule is Cc1csc(C(C)NCc2ccc([N+](=O)[O-])o2)n1. The summed E-state index contributed by atoms with van der Waals surface area (Å²) in [5, 5.41) is 16.7. The van der Waals surface area contributed by atoms with Crippen molar-refractivity contribution in [2.45, 2.75) is 26.4 Å². The Morgan fingerprint density at radius 2 is 2.39 bits per heavy atom. The van der Waals surface area contributed by atoms with Crippen LogP contribution in [-0.4, -0.2) is 9.91 Å². The fourth-order valence-corrected chi connectivity index (χ4v) is 2.30.